The van der Waals surface area contributed by atoms with Crippen molar-refractivity contribution in [1.82, 2.24) is 14.8 Å². The van der Waals surface area contributed by atoms with Crippen LogP contribution >= 0.6 is 11.6 Å². The molecule has 2 aliphatic rings. The number of hydrogen-bond acceptors (Lipinski definition) is 2. The van der Waals surface area contributed by atoms with Gasteiger partial charge in [0.1, 0.15) is 0 Å². The normalized spacial score (nSPS) is 20.6. The molecule has 0 aliphatic carbocycles. The molecule has 2 aromatic rings. The van der Waals surface area contributed by atoms with E-state index in [4.69, 9.17) is 11.6 Å². The molecule has 8 heteroatoms. The monoisotopic (exact) mass is 441 g/mol. The molecule has 0 radical (unpaired) electrons. The van der Waals surface area contributed by atoms with Gasteiger partial charge in [0.05, 0.1) is 18.4 Å². The predicted molar refractivity (Wildman–Crippen MR) is 112 cm³/mol. The minimum atomic E-state index is -4.15. The molecule has 3 heterocycles. The van der Waals surface area contributed by atoms with E-state index in [1.54, 1.807) is 4.90 Å². The number of benzene rings is 1. The first-order chi connectivity index (χ1) is 14.1. The molecular formula is C22H27ClF3N3O. The molecule has 1 atom stereocenters. The lowest BCUT2D eigenvalue weighted by Gasteiger charge is -2.44. The molecule has 164 valence electrons. The van der Waals surface area contributed by atoms with Gasteiger partial charge in [0.2, 0.25) is 5.91 Å². The van der Waals surface area contributed by atoms with Crippen molar-refractivity contribution in [3.05, 3.63) is 34.5 Å². The maximum Gasteiger partial charge on any atom is 0.390 e. The maximum absolute atomic E-state index is 13.2. The first kappa shape index (κ1) is 21.5. The zero-order valence-electron chi connectivity index (χ0n) is 17.2. The topological polar surface area (TPSA) is 39.3 Å². The van der Waals surface area contributed by atoms with E-state index in [1.807, 2.05) is 23.1 Å². The number of likely N-dealkylation sites (tertiary alicyclic amines) is 1. The highest BCUT2D eigenvalue weighted by atomic mass is 35.5. The standard InChI is InChI=1S/C22H27ClF3N3O/c1-13(2)9-19-20-16(17-10-15(23)3-4-18(17)27-20)5-7-29(19)21(30)14-11-28(12-14)8-6-22(24,25)26/h3-4,10,13-14,19,27H,5-9,11-12H2,1-2H3/t19-/m0/s1. The number of carbonyl (C=O) groups is 1. The molecule has 1 aromatic heterocycles. The van der Waals surface area contributed by atoms with Gasteiger partial charge in [0.25, 0.3) is 0 Å². The lowest BCUT2D eigenvalue weighted by atomic mass is 9.89. The van der Waals surface area contributed by atoms with Crippen LogP contribution in [-0.4, -0.2) is 53.0 Å². The summed E-state index contributed by atoms with van der Waals surface area (Å²) in [5.74, 6) is 0.246. The summed E-state index contributed by atoms with van der Waals surface area (Å²) in [5.41, 5.74) is 3.32. The SMILES string of the molecule is CC(C)C[C@H]1c2[nH]c3ccc(Cl)cc3c2CCN1C(=O)C1CN(CCC(F)(F)F)C1. The van der Waals surface area contributed by atoms with Gasteiger partial charge in [-0.25, -0.2) is 0 Å². The van der Waals surface area contributed by atoms with Crippen LogP contribution in [0.25, 0.3) is 10.9 Å². The third-order valence-corrected chi connectivity index (χ3v) is 6.44. The summed E-state index contributed by atoms with van der Waals surface area (Å²) >= 11 is 6.20. The molecular weight excluding hydrogens is 415 g/mol. The predicted octanol–water partition coefficient (Wildman–Crippen LogP) is 5.18. The number of aromatic nitrogens is 1. The van der Waals surface area contributed by atoms with Gasteiger partial charge < -0.3 is 14.8 Å². The van der Waals surface area contributed by atoms with E-state index >= 15 is 0 Å². The zero-order chi connectivity index (χ0) is 21.6. The second kappa shape index (κ2) is 8.08. The number of halogens is 4. The van der Waals surface area contributed by atoms with Gasteiger partial charge in [-0.05, 0) is 42.5 Å². The summed E-state index contributed by atoms with van der Waals surface area (Å²) in [4.78, 5) is 20.4. The van der Waals surface area contributed by atoms with Crippen LogP contribution in [0.1, 0.15) is 44.0 Å². The third-order valence-electron chi connectivity index (χ3n) is 6.21. The Morgan fingerprint density at radius 2 is 2.03 bits per heavy atom. The van der Waals surface area contributed by atoms with E-state index in [-0.39, 0.29) is 24.4 Å². The number of amides is 1. The number of fused-ring (bicyclic) bond motifs is 3. The highest BCUT2D eigenvalue weighted by molar-refractivity contribution is 6.31. The first-order valence-corrected chi connectivity index (χ1v) is 10.9. The number of hydrogen-bond donors (Lipinski definition) is 1. The number of carbonyl (C=O) groups excluding carboxylic acids is 1. The number of aromatic amines is 1. The number of nitrogens with one attached hydrogen (secondary N) is 1. The number of rotatable bonds is 5. The van der Waals surface area contributed by atoms with Gasteiger partial charge in [-0.3, -0.25) is 4.79 Å². The molecule has 1 saturated heterocycles. The highest BCUT2D eigenvalue weighted by Crippen LogP contribution is 2.39. The fourth-order valence-electron chi connectivity index (χ4n) is 4.72. The second-order valence-corrected chi connectivity index (χ2v) is 9.39. The van der Waals surface area contributed by atoms with Crippen molar-refractivity contribution in [2.75, 3.05) is 26.2 Å². The number of nitrogens with zero attached hydrogens (tertiary/aromatic N) is 2. The molecule has 0 saturated carbocycles. The average Bonchev–Trinajstić information content (AvgIpc) is 2.97. The van der Waals surface area contributed by atoms with Crippen LogP contribution in [0.4, 0.5) is 13.2 Å². The van der Waals surface area contributed by atoms with Gasteiger partial charge in [-0.15, -0.1) is 0 Å². The molecule has 1 fully saturated rings. The molecule has 30 heavy (non-hydrogen) atoms. The van der Waals surface area contributed by atoms with Crippen molar-refractivity contribution >= 4 is 28.4 Å². The number of alkyl halides is 3. The molecule has 2 aliphatic heterocycles. The van der Waals surface area contributed by atoms with Crippen LogP contribution < -0.4 is 0 Å². The van der Waals surface area contributed by atoms with Crippen molar-refractivity contribution in [2.24, 2.45) is 11.8 Å². The van der Waals surface area contributed by atoms with Crippen molar-refractivity contribution in [3.8, 4) is 0 Å². The Balaban J connectivity index is 1.51. The largest absolute Gasteiger partial charge is 0.390 e. The molecule has 1 aromatic carbocycles. The van der Waals surface area contributed by atoms with Crippen molar-refractivity contribution in [2.45, 2.75) is 45.3 Å². The third kappa shape index (κ3) is 4.33. The molecule has 1 N–H and O–H groups in total. The van der Waals surface area contributed by atoms with Crippen LogP contribution in [0.5, 0.6) is 0 Å². The Hall–Kier alpha value is -1.73. The minimum Gasteiger partial charge on any atom is -0.356 e. The van der Waals surface area contributed by atoms with Gasteiger partial charge in [-0.2, -0.15) is 13.2 Å². The molecule has 1 amide bonds. The van der Waals surface area contributed by atoms with E-state index in [2.05, 4.69) is 18.8 Å². The minimum absolute atomic E-state index is 0.0321. The maximum atomic E-state index is 13.2. The van der Waals surface area contributed by atoms with E-state index in [0.29, 0.717) is 30.6 Å². The quantitative estimate of drug-likeness (QED) is 0.694. The summed E-state index contributed by atoms with van der Waals surface area (Å²) in [7, 11) is 0. The van der Waals surface area contributed by atoms with Crippen LogP contribution in [0, 0.1) is 11.8 Å². The van der Waals surface area contributed by atoms with E-state index < -0.39 is 12.6 Å². The van der Waals surface area contributed by atoms with Crippen LogP contribution in [0.2, 0.25) is 5.02 Å². The second-order valence-electron chi connectivity index (χ2n) is 8.96. The fourth-order valence-corrected chi connectivity index (χ4v) is 4.89. The highest BCUT2D eigenvalue weighted by Gasteiger charge is 2.41. The fraction of sp³-hybridized carbons (Fsp3) is 0.591. The first-order valence-electron chi connectivity index (χ1n) is 10.5. The van der Waals surface area contributed by atoms with Gasteiger partial charge in [0, 0.05) is 47.8 Å². The Labute approximate surface area is 179 Å². The molecule has 4 nitrogen and oxygen atoms in total. The Morgan fingerprint density at radius 3 is 2.70 bits per heavy atom. The van der Waals surface area contributed by atoms with Crippen molar-refractivity contribution in [3.63, 3.8) is 0 Å². The average molecular weight is 442 g/mol. The van der Waals surface area contributed by atoms with Gasteiger partial charge >= 0.3 is 6.18 Å². The van der Waals surface area contributed by atoms with Gasteiger partial charge in [-0.1, -0.05) is 25.4 Å². The Kier molecular flexibility index (Phi) is 5.79. The smallest absolute Gasteiger partial charge is 0.356 e. The molecule has 0 bridgehead atoms. The summed E-state index contributed by atoms with van der Waals surface area (Å²) in [5, 5.41) is 1.80. The van der Waals surface area contributed by atoms with E-state index in [9.17, 15) is 18.0 Å². The van der Waals surface area contributed by atoms with Crippen LogP contribution in [0.15, 0.2) is 18.2 Å². The van der Waals surface area contributed by atoms with Crippen molar-refractivity contribution < 1.29 is 18.0 Å². The van der Waals surface area contributed by atoms with Crippen LogP contribution in [0.3, 0.4) is 0 Å². The summed E-state index contributed by atoms with van der Waals surface area (Å²) in [6.45, 7) is 5.69. The lowest BCUT2D eigenvalue weighted by molar-refractivity contribution is -0.150. The number of H-pyrrole nitrogens is 1. The summed E-state index contributed by atoms with van der Waals surface area (Å²) < 4.78 is 37.3. The van der Waals surface area contributed by atoms with E-state index in [0.717, 1.165) is 29.4 Å². The molecule has 0 spiro atoms. The Morgan fingerprint density at radius 1 is 1.30 bits per heavy atom. The summed E-state index contributed by atoms with van der Waals surface area (Å²) in [6, 6.07) is 5.76. The molecule has 4 rings (SSSR count). The molecule has 0 unspecified atom stereocenters. The summed E-state index contributed by atoms with van der Waals surface area (Å²) in [6.07, 6.45) is -3.39. The Bertz CT molecular complexity index is 934. The van der Waals surface area contributed by atoms with Crippen LogP contribution in [-0.2, 0) is 11.2 Å². The van der Waals surface area contributed by atoms with E-state index in [1.165, 1.54) is 5.56 Å². The lowest BCUT2D eigenvalue weighted by Crippen LogP contribution is -2.56. The van der Waals surface area contributed by atoms with Crippen molar-refractivity contribution in [1.29, 1.82) is 0 Å². The zero-order valence-corrected chi connectivity index (χ0v) is 18.0. The van der Waals surface area contributed by atoms with Gasteiger partial charge in [0.15, 0.2) is 0 Å².